The number of aliphatic hydroxyl groups is 1. The molecule has 28 heavy (non-hydrogen) atoms. The largest absolute Gasteiger partial charge is 0.497 e. The molecule has 1 N–H and O–H groups in total. The van der Waals surface area contributed by atoms with Gasteiger partial charge < -0.3 is 9.84 Å². The molecule has 4 aromatic rings. The number of hydrogen-bond acceptors (Lipinski definition) is 3. The van der Waals surface area contributed by atoms with Crippen molar-refractivity contribution in [2.24, 2.45) is 0 Å². The summed E-state index contributed by atoms with van der Waals surface area (Å²) in [6, 6.07) is 25.9. The van der Waals surface area contributed by atoms with Crippen molar-refractivity contribution in [3.05, 3.63) is 89.5 Å². The summed E-state index contributed by atoms with van der Waals surface area (Å²) in [6.45, 7) is 0. The van der Waals surface area contributed by atoms with Gasteiger partial charge in [0.1, 0.15) is 11.9 Å². The van der Waals surface area contributed by atoms with E-state index in [4.69, 9.17) is 4.74 Å². The average Bonchev–Trinajstić information content (AvgIpc) is 3.04. The first-order chi connectivity index (χ1) is 13.7. The van der Waals surface area contributed by atoms with Crippen LogP contribution in [0.4, 0.5) is 0 Å². The maximum absolute atomic E-state index is 11.0. The Morgan fingerprint density at radius 2 is 1.68 bits per heavy atom. The van der Waals surface area contributed by atoms with Crippen molar-refractivity contribution in [3.8, 4) is 34.1 Å². The van der Waals surface area contributed by atoms with Crippen LogP contribution in [0.2, 0.25) is 0 Å². The molecule has 3 nitrogen and oxygen atoms in total. The van der Waals surface area contributed by atoms with E-state index in [-0.39, 0.29) is 0 Å². The second-order valence-corrected chi connectivity index (χ2v) is 6.98. The predicted molar refractivity (Wildman–Crippen MR) is 110 cm³/mol. The summed E-state index contributed by atoms with van der Waals surface area (Å²) in [7, 11) is 1.65. The van der Waals surface area contributed by atoms with E-state index in [0.29, 0.717) is 5.56 Å². The summed E-state index contributed by atoms with van der Waals surface area (Å²) in [6.07, 6.45) is -0.650. The molecule has 0 saturated carbocycles. The number of nitrogens with zero attached hydrogens (tertiary/aromatic N) is 1. The lowest BCUT2D eigenvalue weighted by molar-refractivity contribution is 0.225. The smallest absolute Gasteiger partial charge is 0.118 e. The van der Waals surface area contributed by atoms with Crippen molar-refractivity contribution in [1.82, 2.24) is 0 Å². The normalized spacial score (nSPS) is 14.4. The van der Waals surface area contributed by atoms with Gasteiger partial charge in [-0.3, -0.25) is 0 Å². The Balaban J connectivity index is 1.92. The summed E-state index contributed by atoms with van der Waals surface area (Å²) in [5.74, 6) is 0.791. The molecule has 0 saturated heterocycles. The van der Waals surface area contributed by atoms with Gasteiger partial charge in [-0.2, -0.15) is 5.26 Å². The van der Waals surface area contributed by atoms with Crippen molar-refractivity contribution in [2.75, 3.05) is 7.11 Å². The molecule has 0 spiro atoms. The second kappa shape index (κ2) is 6.23. The summed E-state index contributed by atoms with van der Waals surface area (Å²) in [5.41, 5.74) is 6.59. The Labute approximate surface area is 163 Å². The number of nitriles is 1. The highest BCUT2D eigenvalue weighted by atomic mass is 16.5. The molecule has 0 bridgehead atoms. The van der Waals surface area contributed by atoms with Crippen molar-refractivity contribution < 1.29 is 9.84 Å². The van der Waals surface area contributed by atoms with Gasteiger partial charge >= 0.3 is 0 Å². The molecule has 1 atom stereocenters. The summed E-state index contributed by atoms with van der Waals surface area (Å²) < 4.78 is 5.31. The molecule has 0 heterocycles. The molecule has 1 unspecified atom stereocenters. The molecular weight excluding hydrogens is 346 g/mol. The zero-order valence-corrected chi connectivity index (χ0v) is 15.3. The molecule has 5 rings (SSSR count). The van der Waals surface area contributed by atoms with Gasteiger partial charge in [0, 0.05) is 0 Å². The fraction of sp³-hybridized carbons (Fsp3) is 0.0800. The number of ether oxygens (including phenoxy) is 1. The SMILES string of the molecule is COc1ccc(-c2c3c(cc4ccc(C#N)cc24)C(O)c2ccccc2-3)cc1. The van der Waals surface area contributed by atoms with Crippen LogP contribution in [-0.4, -0.2) is 12.2 Å². The first-order valence-corrected chi connectivity index (χ1v) is 9.14. The van der Waals surface area contributed by atoms with Crippen molar-refractivity contribution >= 4 is 10.8 Å². The van der Waals surface area contributed by atoms with E-state index in [0.717, 1.165) is 49.9 Å². The molecule has 134 valence electrons. The average molecular weight is 363 g/mol. The molecule has 0 amide bonds. The van der Waals surface area contributed by atoms with Crippen LogP contribution in [-0.2, 0) is 0 Å². The fourth-order valence-corrected chi connectivity index (χ4v) is 4.18. The standard InChI is InChI=1S/C25H17NO2/c1-28-18-10-8-16(9-11-18)23-21-12-15(14-26)6-7-17(21)13-22-24(23)19-4-2-3-5-20(19)25(22)27/h2-13,25,27H,1H3. The van der Waals surface area contributed by atoms with E-state index in [1.165, 1.54) is 0 Å². The first kappa shape index (κ1) is 16.6. The topological polar surface area (TPSA) is 53.2 Å². The molecule has 3 heteroatoms. The Morgan fingerprint density at radius 1 is 0.893 bits per heavy atom. The zero-order chi connectivity index (χ0) is 19.3. The van der Waals surface area contributed by atoms with E-state index in [2.05, 4.69) is 12.1 Å². The van der Waals surface area contributed by atoms with Gasteiger partial charge in [0.25, 0.3) is 0 Å². The molecule has 1 aliphatic carbocycles. The van der Waals surface area contributed by atoms with Gasteiger partial charge in [-0.1, -0.05) is 42.5 Å². The number of hydrogen-bond donors (Lipinski definition) is 1. The Hall–Kier alpha value is -3.61. The van der Waals surface area contributed by atoms with E-state index < -0.39 is 6.10 Å². The van der Waals surface area contributed by atoms with Crippen molar-refractivity contribution in [2.45, 2.75) is 6.10 Å². The zero-order valence-electron chi connectivity index (χ0n) is 15.3. The molecule has 0 fully saturated rings. The van der Waals surface area contributed by atoms with Crippen LogP contribution < -0.4 is 4.74 Å². The van der Waals surface area contributed by atoms with Crippen LogP contribution in [0.3, 0.4) is 0 Å². The molecular formula is C25H17NO2. The van der Waals surface area contributed by atoms with Crippen LogP contribution >= 0.6 is 0 Å². The van der Waals surface area contributed by atoms with Crippen molar-refractivity contribution in [3.63, 3.8) is 0 Å². The lowest BCUT2D eigenvalue weighted by Crippen LogP contribution is -1.95. The van der Waals surface area contributed by atoms with Gasteiger partial charge in [-0.15, -0.1) is 0 Å². The van der Waals surface area contributed by atoms with E-state index in [1.807, 2.05) is 66.7 Å². The second-order valence-electron chi connectivity index (χ2n) is 6.98. The highest BCUT2D eigenvalue weighted by Gasteiger charge is 2.30. The third kappa shape index (κ3) is 2.32. The molecule has 0 aliphatic heterocycles. The van der Waals surface area contributed by atoms with Crippen LogP contribution in [0.25, 0.3) is 33.0 Å². The third-order valence-electron chi connectivity index (χ3n) is 5.50. The number of fused-ring (bicyclic) bond motifs is 4. The molecule has 1 aliphatic rings. The monoisotopic (exact) mass is 363 g/mol. The summed E-state index contributed by atoms with van der Waals surface area (Å²) >= 11 is 0. The lowest BCUT2D eigenvalue weighted by atomic mass is 9.88. The summed E-state index contributed by atoms with van der Waals surface area (Å²) in [4.78, 5) is 0. The highest BCUT2D eigenvalue weighted by molar-refractivity contribution is 6.07. The van der Waals surface area contributed by atoms with Gasteiger partial charge in [0.2, 0.25) is 0 Å². The summed E-state index contributed by atoms with van der Waals surface area (Å²) in [5, 5.41) is 22.4. The Morgan fingerprint density at radius 3 is 2.43 bits per heavy atom. The minimum absolute atomic E-state index is 0.619. The molecule has 4 aromatic carbocycles. The Kier molecular flexibility index (Phi) is 3.68. The quantitative estimate of drug-likeness (QED) is 0.515. The van der Waals surface area contributed by atoms with Gasteiger partial charge in [0.05, 0.1) is 18.7 Å². The minimum Gasteiger partial charge on any atom is -0.497 e. The highest BCUT2D eigenvalue weighted by Crippen LogP contribution is 2.50. The maximum atomic E-state index is 11.0. The first-order valence-electron chi connectivity index (χ1n) is 9.14. The maximum Gasteiger partial charge on any atom is 0.118 e. The van der Waals surface area contributed by atoms with E-state index in [9.17, 15) is 10.4 Å². The van der Waals surface area contributed by atoms with Crippen LogP contribution in [0.1, 0.15) is 22.8 Å². The number of benzene rings is 4. The predicted octanol–water partition coefficient (Wildman–Crippen LogP) is 5.45. The molecule has 0 aromatic heterocycles. The third-order valence-corrected chi connectivity index (χ3v) is 5.50. The van der Waals surface area contributed by atoms with Crippen LogP contribution in [0.15, 0.2) is 72.8 Å². The number of methoxy groups -OCH3 is 1. The molecule has 0 radical (unpaired) electrons. The van der Waals surface area contributed by atoms with Crippen LogP contribution in [0.5, 0.6) is 5.75 Å². The Bertz CT molecular complexity index is 1270. The van der Waals surface area contributed by atoms with Gasteiger partial charge in [-0.25, -0.2) is 0 Å². The van der Waals surface area contributed by atoms with E-state index >= 15 is 0 Å². The fourth-order valence-electron chi connectivity index (χ4n) is 4.18. The lowest BCUT2D eigenvalue weighted by Gasteiger charge is -2.16. The van der Waals surface area contributed by atoms with Gasteiger partial charge in [-0.05, 0) is 74.5 Å². The number of rotatable bonds is 2. The van der Waals surface area contributed by atoms with Crippen LogP contribution in [0, 0.1) is 11.3 Å². The minimum atomic E-state index is -0.650. The van der Waals surface area contributed by atoms with E-state index in [1.54, 1.807) is 7.11 Å². The number of aliphatic hydroxyl groups excluding tert-OH is 1. The van der Waals surface area contributed by atoms with Gasteiger partial charge in [0.15, 0.2) is 0 Å². The van der Waals surface area contributed by atoms with Crippen molar-refractivity contribution in [1.29, 1.82) is 5.26 Å².